The van der Waals surface area contributed by atoms with E-state index in [1.54, 1.807) is 0 Å². The molecule has 4 aliphatic rings. The molecule has 1 spiro atoms. The third-order valence-corrected chi connectivity index (χ3v) is 8.09. The standard InChI is InChI=1S/C26H32N4O2.C2HF3O2/c31-25(20-7-1-2-8-20)29-15-11-26(12-16-29)22-19-27-30(18-17-28-13-5-6-14-28)24(22)21-9-3-4-10-23(21)32-26;3-2(4,5)1(6)7/h1-4,9-10,19-20H,5-8,11-18H2;(H,6,7). The summed E-state index contributed by atoms with van der Waals surface area (Å²) in [6, 6.07) is 8.37. The van der Waals surface area contributed by atoms with Gasteiger partial charge in [0.15, 0.2) is 0 Å². The van der Waals surface area contributed by atoms with Crippen molar-refractivity contribution in [2.24, 2.45) is 5.92 Å². The van der Waals surface area contributed by atoms with Crippen molar-refractivity contribution >= 4 is 11.9 Å². The van der Waals surface area contributed by atoms with Gasteiger partial charge >= 0.3 is 12.1 Å². The molecule has 0 unspecified atom stereocenters. The maximum absolute atomic E-state index is 13.0. The molecule has 6 rings (SSSR count). The number of allylic oxidation sites excluding steroid dienone is 2. The molecule has 0 bridgehead atoms. The van der Waals surface area contributed by atoms with Crippen LogP contribution in [0.3, 0.4) is 0 Å². The number of benzene rings is 1. The second-order valence-corrected chi connectivity index (χ2v) is 10.5. The first kappa shape index (κ1) is 27.2. The highest BCUT2D eigenvalue weighted by Gasteiger charge is 2.46. The third-order valence-electron chi connectivity index (χ3n) is 8.09. The molecule has 0 atom stereocenters. The summed E-state index contributed by atoms with van der Waals surface area (Å²) < 4.78 is 40.6. The van der Waals surface area contributed by atoms with Crippen LogP contribution >= 0.6 is 0 Å². The fourth-order valence-electron chi connectivity index (χ4n) is 5.97. The van der Waals surface area contributed by atoms with Crippen LogP contribution in [0.2, 0.25) is 0 Å². The van der Waals surface area contributed by atoms with Gasteiger partial charge in [0.05, 0.1) is 18.4 Å². The lowest BCUT2D eigenvalue weighted by molar-refractivity contribution is -0.192. The smallest absolute Gasteiger partial charge is 0.482 e. The average Bonchev–Trinajstić information content (AvgIpc) is 3.70. The predicted octanol–water partition coefficient (Wildman–Crippen LogP) is 4.46. The lowest BCUT2D eigenvalue weighted by Gasteiger charge is -2.44. The van der Waals surface area contributed by atoms with Gasteiger partial charge < -0.3 is 19.6 Å². The number of amides is 1. The summed E-state index contributed by atoms with van der Waals surface area (Å²) in [4.78, 5) is 26.4. The van der Waals surface area contributed by atoms with E-state index >= 15 is 0 Å². The Morgan fingerprint density at radius 1 is 1.03 bits per heavy atom. The van der Waals surface area contributed by atoms with Crippen molar-refractivity contribution in [2.45, 2.75) is 56.8 Å². The molecule has 4 heterocycles. The Kier molecular flexibility index (Phi) is 7.70. The highest BCUT2D eigenvalue weighted by Crippen LogP contribution is 2.49. The van der Waals surface area contributed by atoms with Crippen molar-refractivity contribution in [2.75, 3.05) is 32.7 Å². The van der Waals surface area contributed by atoms with E-state index in [1.807, 2.05) is 12.3 Å². The zero-order chi connectivity index (χ0) is 27.6. The molecule has 210 valence electrons. The monoisotopic (exact) mass is 546 g/mol. The number of carboxylic acid groups (broad SMARTS) is 1. The molecule has 2 saturated heterocycles. The highest BCUT2D eigenvalue weighted by molar-refractivity contribution is 5.80. The van der Waals surface area contributed by atoms with Crippen LogP contribution in [0.1, 0.15) is 44.1 Å². The molecule has 0 saturated carbocycles. The van der Waals surface area contributed by atoms with Crippen LogP contribution in [0, 0.1) is 5.92 Å². The number of nitrogens with zero attached hydrogens (tertiary/aromatic N) is 4. The normalized spacial score (nSPS) is 20.2. The highest BCUT2D eigenvalue weighted by atomic mass is 19.4. The molecule has 2 aromatic rings. The molecule has 2 fully saturated rings. The minimum atomic E-state index is -5.08. The van der Waals surface area contributed by atoms with Gasteiger partial charge in [-0.1, -0.05) is 24.3 Å². The van der Waals surface area contributed by atoms with Crippen LogP contribution in [-0.4, -0.2) is 75.5 Å². The van der Waals surface area contributed by atoms with Crippen molar-refractivity contribution in [1.29, 1.82) is 0 Å². The lowest BCUT2D eigenvalue weighted by atomic mass is 9.80. The van der Waals surface area contributed by atoms with Crippen LogP contribution < -0.4 is 4.74 Å². The predicted molar refractivity (Wildman–Crippen MR) is 137 cm³/mol. The Balaban J connectivity index is 0.000000392. The summed E-state index contributed by atoms with van der Waals surface area (Å²) in [6.45, 7) is 5.84. The maximum Gasteiger partial charge on any atom is 0.490 e. The number of rotatable bonds is 4. The Bertz CT molecular complexity index is 1220. The number of carbonyl (C=O) groups is 2. The second-order valence-electron chi connectivity index (χ2n) is 10.5. The van der Waals surface area contributed by atoms with E-state index in [-0.39, 0.29) is 11.5 Å². The number of ether oxygens (including phenoxy) is 1. The molecular weight excluding hydrogens is 513 g/mol. The van der Waals surface area contributed by atoms with E-state index in [0.717, 1.165) is 63.2 Å². The molecule has 1 aromatic heterocycles. The number of alkyl halides is 3. The van der Waals surface area contributed by atoms with Gasteiger partial charge in [0.1, 0.15) is 11.4 Å². The number of carboxylic acids is 1. The van der Waals surface area contributed by atoms with E-state index in [2.05, 4.69) is 44.8 Å². The summed E-state index contributed by atoms with van der Waals surface area (Å²) in [5, 5.41) is 12.0. The molecule has 39 heavy (non-hydrogen) atoms. The number of hydrogen-bond acceptors (Lipinski definition) is 5. The molecule has 8 nitrogen and oxygen atoms in total. The minimum absolute atomic E-state index is 0.140. The molecule has 1 aromatic carbocycles. The number of halogens is 3. The van der Waals surface area contributed by atoms with Gasteiger partial charge in [0, 0.05) is 49.5 Å². The summed E-state index contributed by atoms with van der Waals surface area (Å²) in [6.07, 6.45) is 7.25. The fourth-order valence-corrected chi connectivity index (χ4v) is 5.97. The van der Waals surface area contributed by atoms with Gasteiger partial charge in [0.25, 0.3) is 0 Å². The fraction of sp³-hybridized carbons (Fsp3) is 0.536. The SMILES string of the molecule is O=C(C1CC=CC1)N1CCC2(CC1)Oc1ccccc1-c1c2cnn1CCN1CCCC1.O=C(O)C(F)(F)F. The third kappa shape index (κ3) is 5.68. The number of likely N-dealkylation sites (tertiary alicyclic amines) is 2. The number of para-hydroxylation sites is 1. The summed E-state index contributed by atoms with van der Waals surface area (Å²) >= 11 is 0. The number of carbonyl (C=O) groups excluding carboxylic acids is 1. The van der Waals surface area contributed by atoms with Gasteiger partial charge in [-0.3, -0.25) is 9.48 Å². The molecule has 3 aliphatic heterocycles. The van der Waals surface area contributed by atoms with Crippen molar-refractivity contribution in [3.8, 4) is 17.0 Å². The minimum Gasteiger partial charge on any atom is -0.482 e. The Morgan fingerprint density at radius 2 is 1.67 bits per heavy atom. The lowest BCUT2D eigenvalue weighted by Crippen LogP contribution is -2.50. The van der Waals surface area contributed by atoms with Crippen LogP contribution in [-0.2, 0) is 21.7 Å². The Hall–Kier alpha value is -3.34. The molecular formula is C28H33F3N4O4. The summed E-state index contributed by atoms with van der Waals surface area (Å²) in [5.41, 5.74) is 3.17. The van der Waals surface area contributed by atoms with E-state index in [1.165, 1.54) is 37.2 Å². The number of aliphatic carboxylic acids is 1. The second kappa shape index (κ2) is 11.0. The number of fused-ring (bicyclic) bond motifs is 4. The van der Waals surface area contributed by atoms with Gasteiger partial charge in [-0.15, -0.1) is 0 Å². The van der Waals surface area contributed by atoms with Crippen molar-refractivity contribution in [3.05, 3.63) is 48.2 Å². The zero-order valence-corrected chi connectivity index (χ0v) is 21.7. The Labute approximate surface area is 225 Å². The topological polar surface area (TPSA) is 87.9 Å². The summed E-state index contributed by atoms with van der Waals surface area (Å²) in [7, 11) is 0. The van der Waals surface area contributed by atoms with Crippen molar-refractivity contribution < 1.29 is 32.6 Å². The van der Waals surface area contributed by atoms with Gasteiger partial charge in [0.2, 0.25) is 5.91 Å². The van der Waals surface area contributed by atoms with E-state index in [9.17, 15) is 18.0 Å². The average molecular weight is 547 g/mol. The molecule has 1 N–H and O–H groups in total. The zero-order valence-electron chi connectivity index (χ0n) is 21.7. The Morgan fingerprint density at radius 3 is 2.31 bits per heavy atom. The largest absolute Gasteiger partial charge is 0.490 e. The molecule has 1 amide bonds. The van der Waals surface area contributed by atoms with Gasteiger partial charge in [-0.2, -0.15) is 18.3 Å². The molecule has 1 aliphatic carbocycles. The van der Waals surface area contributed by atoms with Crippen LogP contribution in [0.5, 0.6) is 5.75 Å². The number of hydrogen-bond donors (Lipinski definition) is 1. The van der Waals surface area contributed by atoms with Crippen LogP contribution in [0.25, 0.3) is 11.3 Å². The maximum atomic E-state index is 13.0. The first-order chi connectivity index (χ1) is 18.7. The van der Waals surface area contributed by atoms with Crippen LogP contribution in [0.15, 0.2) is 42.6 Å². The number of aromatic nitrogens is 2. The first-order valence-corrected chi connectivity index (χ1v) is 13.5. The number of piperidine rings is 1. The van der Waals surface area contributed by atoms with E-state index in [4.69, 9.17) is 19.7 Å². The molecule has 0 radical (unpaired) electrons. The van der Waals surface area contributed by atoms with Gasteiger partial charge in [-0.05, 0) is 50.9 Å². The van der Waals surface area contributed by atoms with Crippen LogP contribution in [0.4, 0.5) is 13.2 Å². The van der Waals surface area contributed by atoms with Crippen molar-refractivity contribution in [3.63, 3.8) is 0 Å². The van der Waals surface area contributed by atoms with E-state index in [0.29, 0.717) is 5.91 Å². The van der Waals surface area contributed by atoms with E-state index < -0.39 is 12.1 Å². The molecule has 11 heteroatoms. The quantitative estimate of drug-likeness (QED) is 0.570. The van der Waals surface area contributed by atoms with Crippen molar-refractivity contribution in [1.82, 2.24) is 19.6 Å². The first-order valence-electron chi connectivity index (χ1n) is 13.5. The van der Waals surface area contributed by atoms with Gasteiger partial charge in [-0.25, -0.2) is 4.79 Å². The summed E-state index contributed by atoms with van der Waals surface area (Å²) in [5.74, 6) is -1.36.